The van der Waals surface area contributed by atoms with Crippen LogP contribution in [0.5, 0.6) is 0 Å². The van der Waals surface area contributed by atoms with Crippen molar-refractivity contribution < 1.29 is 28.8 Å². The molecule has 0 aromatic heterocycles. The first kappa shape index (κ1) is 17.8. The number of aliphatic hydroxyl groups is 1. The van der Waals surface area contributed by atoms with E-state index in [2.05, 4.69) is 6.58 Å². The number of ether oxygens (including phenoxy) is 4. The van der Waals surface area contributed by atoms with E-state index in [9.17, 15) is 9.90 Å². The highest BCUT2D eigenvalue weighted by Crippen LogP contribution is 2.02. The van der Waals surface area contributed by atoms with Crippen molar-refractivity contribution >= 4 is 5.97 Å². The fourth-order valence-electron chi connectivity index (χ4n) is 1.05. The predicted molar refractivity (Wildman–Crippen MR) is 69.5 cm³/mol. The van der Waals surface area contributed by atoms with Gasteiger partial charge in [-0.1, -0.05) is 12.7 Å². The van der Waals surface area contributed by atoms with Crippen molar-refractivity contribution in [3.05, 3.63) is 24.8 Å². The molecule has 1 N–H and O–H groups in total. The average Bonchev–Trinajstić information content (AvgIpc) is 2.39. The van der Waals surface area contributed by atoms with Crippen LogP contribution in [0.1, 0.15) is 6.92 Å². The van der Waals surface area contributed by atoms with Gasteiger partial charge >= 0.3 is 5.97 Å². The topological polar surface area (TPSA) is 74.2 Å². The summed E-state index contributed by atoms with van der Waals surface area (Å²) in [6, 6.07) is 0. The molecule has 0 fully saturated rings. The lowest BCUT2D eigenvalue weighted by Gasteiger charge is -2.16. The van der Waals surface area contributed by atoms with Crippen LogP contribution in [0.3, 0.4) is 0 Å². The zero-order valence-corrected chi connectivity index (χ0v) is 11.4. The number of hydrogen-bond acceptors (Lipinski definition) is 6. The smallest absolute Gasteiger partial charge is 0.330 e. The van der Waals surface area contributed by atoms with Gasteiger partial charge in [-0.15, -0.1) is 0 Å². The summed E-state index contributed by atoms with van der Waals surface area (Å²) in [6.07, 6.45) is 2.69. The van der Waals surface area contributed by atoms with Gasteiger partial charge < -0.3 is 24.1 Å². The van der Waals surface area contributed by atoms with Crippen molar-refractivity contribution in [2.75, 3.05) is 33.7 Å². The van der Waals surface area contributed by atoms with Gasteiger partial charge in [0.25, 0.3) is 0 Å². The fraction of sp³-hybridized carbons (Fsp3) is 0.615. The summed E-state index contributed by atoms with van der Waals surface area (Å²) in [5.41, 5.74) is 0. The molecule has 0 spiro atoms. The molecule has 110 valence electrons. The SMILES string of the molecule is C=CCOC(=O)/C=C/[C@@H](OCOCCOC)[C@H](C)O. The number of esters is 1. The Morgan fingerprint density at radius 1 is 1.42 bits per heavy atom. The van der Waals surface area contributed by atoms with E-state index in [1.165, 1.54) is 18.2 Å². The van der Waals surface area contributed by atoms with E-state index >= 15 is 0 Å². The highest BCUT2D eigenvalue weighted by molar-refractivity contribution is 5.82. The van der Waals surface area contributed by atoms with Gasteiger partial charge in [-0.3, -0.25) is 0 Å². The number of rotatable bonds is 11. The highest BCUT2D eigenvalue weighted by Gasteiger charge is 2.12. The first-order valence-electron chi connectivity index (χ1n) is 5.94. The summed E-state index contributed by atoms with van der Waals surface area (Å²) in [5.74, 6) is -0.519. The lowest BCUT2D eigenvalue weighted by molar-refractivity contribution is -0.136. The Kier molecular flexibility index (Phi) is 11.1. The fourth-order valence-corrected chi connectivity index (χ4v) is 1.05. The van der Waals surface area contributed by atoms with Gasteiger partial charge in [-0.25, -0.2) is 4.79 Å². The molecule has 6 heteroatoms. The molecule has 0 unspecified atom stereocenters. The molecule has 0 amide bonds. The highest BCUT2D eigenvalue weighted by atomic mass is 16.7. The van der Waals surface area contributed by atoms with Gasteiger partial charge in [0.2, 0.25) is 0 Å². The second-order valence-electron chi connectivity index (χ2n) is 3.67. The molecule has 0 aromatic carbocycles. The lowest BCUT2D eigenvalue weighted by atomic mass is 10.2. The molecule has 0 heterocycles. The molecule has 0 radical (unpaired) electrons. The zero-order chi connectivity index (χ0) is 14.5. The van der Waals surface area contributed by atoms with E-state index in [1.807, 2.05) is 0 Å². The first-order valence-corrected chi connectivity index (χ1v) is 5.94. The lowest BCUT2D eigenvalue weighted by Crippen LogP contribution is -2.26. The van der Waals surface area contributed by atoms with Crippen molar-refractivity contribution in [2.45, 2.75) is 19.1 Å². The van der Waals surface area contributed by atoms with E-state index in [-0.39, 0.29) is 13.4 Å². The van der Waals surface area contributed by atoms with E-state index in [4.69, 9.17) is 18.9 Å². The average molecular weight is 274 g/mol. The summed E-state index contributed by atoms with van der Waals surface area (Å²) in [6.45, 7) is 5.99. The van der Waals surface area contributed by atoms with E-state index in [0.29, 0.717) is 13.2 Å². The Morgan fingerprint density at radius 3 is 2.74 bits per heavy atom. The number of hydrogen-bond donors (Lipinski definition) is 1. The molecule has 0 aliphatic heterocycles. The van der Waals surface area contributed by atoms with Crippen LogP contribution >= 0.6 is 0 Å². The summed E-state index contributed by atoms with van der Waals surface area (Å²) in [7, 11) is 1.57. The van der Waals surface area contributed by atoms with Crippen LogP contribution in [0.25, 0.3) is 0 Å². The monoisotopic (exact) mass is 274 g/mol. The van der Waals surface area contributed by atoms with E-state index in [0.717, 1.165) is 0 Å². The summed E-state index contributed by atoms with van der Waals surface area (Å²) < 4.78 is 19.9. The van der Waals surface area contributed by atoms with Gasteiger partial charge in [0.1, 0.15) is 19.5 Å². The van der Waals surface area contributed by atoms with Crippen LogP contribution in [0.2, 0.25) is 0 Å². The van der Waals surface area contributed by atoms with Crippen LogP contribution in [0.15, 0.2) is 24.8 Å². The Labute approximate surface area is 113 Å². The number of aliphatic hydroxyl groups excluding tert-OH is 1. The van der Waals surface area contributed by atoms with Crippen LogP contribution in [-0.2, 0) is 23.7 Å². The molecular weight excluding hydrogens is 252 g/mol. The molecule has 0 saturated carbocycles. The largest absolute Gasteiger partial charge is 0.458 e. The number of carbonyl (C=O) groups excluding carboxylic acids is 1. The Balaban J connectivity index is 4.00. The second-order valence-corrected chi connectivity index (χ2v) is 3.67. The molecule has 0 aromatic rings. The molecular formula is C13H22O6. The first-order chi connectivity index (χ1) is 9.11. The molecule has 2 atom stereocenters. The van der Waals surface area contributed by atoms with Crippen molar-refractivity contribution in [3.8, 4) is 0 Å². The minimum atomic E-state index is -0.769. The van der Waals surface area contributed by atoms with E-state index < -0.39 is 18.2 Å². The molecule has 0 bridgehead atoms. The third-order valence-electron chi connectivity index (χ3n) is 2.02. The Hall–Kier alpha value is -1.21. The quantitative estimate of drug-likeness (QED) is 0.196. The van der Waals surface area contributed by atoms with E-state index in [1.54, 1.807) is 14.0 Å². The van der Waals surface area contributed by atoms with Crippen molar-refractivity contribution in [3.63, 3.8) is 0 Å². The van der Waals surface area contributed by atoms with Crippen LogP contribution in [0.4, 0.5) is 0 Å². The second kappa shape index (κ2) is 11.9. The van der Waals surface area contributed by atoms with Gasteiger partial charge in [0.15, 0.2) is 0 Å². The minimum Gasteiger partial charge on any atom is -0.458 e. The van der Waals surface area contributed by atoms with Crippen LogP contribution in [0, 0.1) is 0 Å². The van der Waals surface area contributed by atoms with Crippen LogP contribution in [-0.4, -0.2) is 57.0 Å². The molecule has 0 rings (SSSR count). The van der Waals surface area contributed by atoms with Gasteiger partial charge in [-0.05, 0) is 13.0 Å². The molecule has 0 saturated heterocycles. The standard InChI is InChI=1S/C13H22O6/c1-4-7-18-13(15)6-5-12(11(2)14)19-10-17-9-8-16-3/h4-6,11-12,14H,1,7-10H2,2-3H3/b6-5+/t11-,12+/m0/s1. The third kappa shape index (κ3) is 10.4. The maximum absolute atomic E-state index is 11.2. The normalized spacial score (nSPS) is 14.3. The number of carbonyl (C=O) groups is 1. The van der Waals surface area contributed by atoms with Gasteiger partial charge in [-0.2, -0.15) is 0 Å². The summed E-state index contributed by atoms with van der Waals surface area (Å²) in [4.78, 5) is 11.2. The summed E-state index contributed by atoms with van der Waals surface area (Å²) in [5, 5.41) is 9.48. The molecule has 6 nitrogen and oxygen atoms in total. The predicted octanol–water partition coefficient (Wildman–Crippen LogP) is 0.658. The van der Waals surface area contributed by atoms with Crippen LogP contribution < -0.4 is 0 Å². The van der Waals surface area contributed by atoms with Gasteiger partial charge in [0.05, 0.1) is 19.3 Å². The van der Waals surface area contributed by atoms with Crippen molar-refractivity contribution in [1.82, 2.24) is 0 Å². The van der Waals surface area contributed by atoms with Gasteiger partial charge in [0, 0.05) is 13.2 Å². The Bertz CT molecular complexity index is 274. The zero-order valence-electron chi connectivity index (χ0n) is 11.4. The summed E-state index contributed by atoms with van der Waals surface area (Å²) >= 11 is 0. The molecule has 19 heavy (non-hydrogen) atoms. The maximum atomic E-state index is 11.2. The van der Waals surface area contributed by atoms with Crippen molar-refractivity contribution in [1.29, 1.82) is 0 Å². The Morgan fingerprint density at radius 2 is 2.16 bits per heavy atom. The minimum absolute atomic E-state index is 0.00493. The third-order valence-corrected chi connectivity index (χ3v) is 2.02. The number of methoxy groups -OCH3 is 1. The van der Waals surface area contributed by atoms with Crippen molar-refractivity contribution in [2.24, 2.45) is 0 Å². The molecule has 0 aliphatic carbocycles. The maximum Gasteiger partial charge on any atom is 0.330 e. The molecule has 0 aliphatic rings.